The van der Waals surface area contributed by atoms with Crippen LogP contribution >= 0.6 is 11.4 Å². The average molecular weight is 754 g/mol. The zero-order chi connectivity index (χ0) is 31.0. The van der Waals surface area contributed by atoms with Crippen LogP contribution in [0.2, 0.25) is 0 Å². The molecule has 8 nitrogen and oxygen atoms in total. The van der Waals surface area contributed by atoms with Crippen molar-refractivity contribution in [2.45, 2.75) is 77.5 Å². The molecule has 0 bridgehead atoms. The van der Waals surface area contributed by atoms with Crippen molar-refractivity contribution in [2.24, 2.45) is 0 Å². The zero-order valence-corrected chi connectivity index (χ0v) is 31.5. The second kappa shape index (κ2) is 17.2. The Morgan fingerprint density at radius 3 is 1.19 bits per heavy atom. The third kappa shape index (κ3) is 14.5. The molecule has 3 aliphatic rings. The molecule has 1 fully saturated rings. The van der Waals surface area contributed by atoms with E-state index in [9.17, 15) is 0 Å². The SMILES string of the molecule is C[C@@H]1CC(C)(C)NCCN[C@@H](C)CC(C)(C)NCCN1.S=P1([S-])Oc2ccccc2O1.S=P1([S-])Oc2ccccc2O1.[Cu+2]. The fourth-order valence-corrected chi connectivity index (χ4v) is 8.55. The smallest absolute Gasteiger partial charge is 0.665 e. The molecule has 0 unspecified atom stereocenters. The van der Waals surface area contributed by atoms with Gasteiger partial charge in [-0.15, -0.1) is 0 Å². The first-order valence-electron chi connectivity index (χ1n) is 14.1. The maximum Gasteiger partial charge on any atom is 2.00 e. The summed E-state index contributed by atoms with van der Waals surface area (Å²) in [6, 6.07) is 15.7. The number of hydrogen-bond acceptors (Lipinski definition) is 12. The molecule has 1 radical (unpaired) electrons. The van der Waals surface area contributed by atoms with E-state index >= 15 is 0 Å². The molecule has 0 saturated carbocycles. The summed E-state index contributed by atoms with van der Waals surface area (Å²) in [4.78, 5) is 0. The van der Waals surface area contributed by atoms with Gasteiger partial charge >= 0.3 is 17.1 Å². The van der Waals surface area contributed by atoms with Crippen LogP contribution in [0, 0.1) is 0 Å². The van der Waals surface area contributed by atoms with Gasteiger partial charge in [0, 0.05) is 49.3 Å². The minimum absolute atomic E-state index is 0. The molecule has 0 amide bonds. The molecule has 15 heteroatoms. The molecule has 3 aliphatic heterocycles. The van der Waals surface area contributed by atoms with Crippen LogP contribution in [-0.4, -0.2) is 49.3 Å². The normalized spacial score (nSPS) is 24.8. The fraction of sp³-hybridized carbons (Fsp3) is 0.571. The molecular formula is C28H44CuN4O4P2S4. The molecule has 0 aromatic heterocycles. The van der Waals surface area contributed by atoms with Crippen molar-refractivity contribution in [1.29, 1.82) is 0 Å². The Morgan fingerprint density at radius 2 is 0.907 bits per heavy atom. The summed E-state index contributed by atoms with van der Waals surface area (Å²) in [5.41, 5.74) is -4.44. The number of rotatable bonds is 0. The van der Waals surface area contributed by atoms with E-state index in [4.69, 9.17) is 66.2 Å². The topological polar surface area (TPSA) is 85.0 Å². The van der Waals surface area contributed by atoms with Crippen molar-refractivity contribution in [3.8, 4) is 23.0 Å². The van der Waals surface area contributed by atoms with Crippen molar-refractivity contribution < 1.29 is 35.2 Å². The first-order valence-corrected chi connectivity index (χ1v) is 21.4. The van der Waals surface area contributed by atoms with E-state index < -0.39 is 11.4 Å². The molecular weight excluding hydrogens is 710 g/mol. The van der Waals surface area contributed by atoms with E-state index in [2.05, 4.69) is 62.8 Å². The van der Waals surface area contributed by atoms with E-state index in [0.29, 0.717) is 35.1 Å². The van der Waals surface area contributed by atoms with Crippen LogP contribution in [0.3, 0.4) is 0 Å². The van der Waals surface area contributed by atoms with Gasteiger partial charge in [-0.1, -0.05) is 24.3 Å². The summed E-state index contributed by atoms with van der Waals surface area (Å²) in [5.74, 6) is 2.69. The van der Waals surface area contributed by atoms with Gasteiger partial charge in [0.1, 0.15) is 0 Å². The van der Waals surface area contributed by atoms with Gasteiger partial charge < -0.3 is 63.9 Å². The number of para-hydroxylation sites is 4. The molecule has 2 atom stereocenters. The number of benzene rings is 2. The first-order chi connectivity index (χ1) is 19.5. The Kier molecular flexibility index (Phi) is 15.7. The Hall–Kier alpha value is -0.000519. The summed E-state index contributed by atoms with van der Waals surface area (Å²) in [6.07, 6.45) is 2.29. The summed E-state index contributed by atoms with van der Waals surface area (Å²) in [6.45, 7) is 17.8. The molecule has 0 aliphatic carbocycles. The molecule has 2 aromatic carbocycles. The standard InChI is InChI=1S/C16H36N4.2C6H5O2PS2.Cu/c1-13-11-15(3,4)19-10-8-18-14(2)12-16(5,6)20-9-7-17-13;2*10-9(11)7-5-3-1-2-4-6(5)8-9;/h13-14,17-20H,7-12H2,1-6H3;2*1-4H,(H,10,11);/q;;;+2/p-2/t13-,14+;;;. The van der Waals surface area contributed by atoms with E-state index in [1.54, 1.807) is 24.3 Å². The predicted octanol–water partition coefficient (Wildman–Crippen LogP) is 5.93. The Bertz CT molecular complexity index is 1120. The molecule has 5 rings (SSSR count). The van der Waals surface area contributed by atoms with Crippen LogP contribution in [0.15, 0.2) is 48.5 Å². The van der Waals surface area contributed by atoms with Crippen LogP contribution in [0.5, 0.6) is 23.0 Å². The maximum atomic E-state index is 5.21. The Morgan fingerprint density at radius 1 is 0.628 bits per heavy atom. The average Bonchev–Trinajstić information content (AvgIpc) is 3.36. The van der Waals surface area contributed by atoms with Gasteiger partial charge in [0.25, 0.3) is 0 Å². The third-order valence-corrected chi connectivity index (χ3v) is 10.1. The van der Waals surface area contributed by atoms with Crippen LogP contribution in [0.25, 0.3) is 0 Å². The largest absolute Gasteiger partial charge is 2.00 e. The molecule has 43 heavy (non-hydrogen) atoms. The van der Waals surface area contributed by atoms with E-state index in [-0.39, 0.29) is 28.1 Å². The van der Waals surface area contributed by atoms with Gasteiger partial charge in [-0.3, -0.25) is 0 Å². The van der Waals surface area contributed by atoms with Gasteiger partial charge in [-0.2, -0.15) is 0 Å². The van der Waals surface area contributed by atoms with Gasteiger partial charge in [-0.25, -0.2) is 0 Å². The molecule has 1 saturated heterocycles. The van der Waals surface area contributed by atoms with Crippen LogP contribution < -0.4 is 39.4 Å². The number of fused-ring (bicyclic) bond motifs is 2. The van der Waals surface area contributed by atoms with E-state index in [1.165, 1.54) is 0 Å². The molecule has 0 spiro atoms. The van der Waals surface area contributed by atoms with Gasteiger partial charge in [0.2, 0.25) is 0 Å². The van der Waals surface area contributed by atoms with Crippen LogP contribution in [-0.2, 0) is 65.2 Å². The molecule has 3 heterocycles. The molecule has 245 valence electrons. The summed E-state index contributed by atoms with van der Waals surface area (Å²) < 4.78 is 20.9. The number of hydrogen-bond donors (Lipinski definition) is 4. The molecule has 2 aromatic rings. The Labute approximate surface area is 289 Å². The van der Waals surface area contributed by atoms with Crippen molar-refractivity contribution in [3.63, 3.8) is 0 Å². The fourth-order valence-electron chi connectivity index (χ4n) is 4.98. The summed E-state index contributed by atoms with van der Waals surface area (Å²) >= 11 is 19.6. The summed E-state index contributed by atoms with van der Waals surface area (Å²) in [5, 5.41) is 14.6. The van der Waals surface area contributed by atoms with Gasteiger partial charge in [0.15, 0.2) is 34.4 Å². The van der Waals surface area contributed by atoms with Gasteiger partial charge in [0.05, 0.1) is 0 Å². The predicted molar refractivity (Wildman–Crippen MR) is 187 cm³/mol. The second-order valence-corrected chi connectivity index (χ2v) is 21.6. The maximum absolute atomic E-state index is 5.21. The summed E-state index contributed by atoms with van der Waals surface area (Å²) in [7, 11) is 0. The first kappa shape index (κ1) is 39.2. The second-order valence-electron chi connectivity index (χ2n) is 11.9. The molecule has 4 N–H and O–H groups in total. The van der Waals surface area contributed by atoms with Crippen LogP contribution in [0.4, 0.5) is 0 Å². The van der Waals surface area contributed by atoms with Crippen molar-refractivity contribution in [3.05, 3.63) is 48.5 Å². The van der Waals surface area contributed by atoms with Gasteiger partial charge in [-0.05, 0) is 102 Å². The quantitative estimate of drug-likeness (QED) is 0.146. The monoisotopic (exact) mass is 753 g/mol. The minimum Gasteiger partial charge on any atom is -0.665 e. The van der Waals surface area contributed by atoms with E-state index in [1.807, 2.05) is 24.3 Å². The van der Waals surface area contributed by atoms with Crippen molar-refractivity contribution in [2.75, 3.05) is 26.2 Å². The Balaban J connectivity index is 0.000000238. The van der Waals surface area contributed by atoms with Crippen molar-refractivity contribution in [1.82, 2.24) is 21.3 Å². The zero-order valence-electron chi connectivity index (χ0n) is 25.5. The van der Waals surface area contributed by atoms with Crippen LogP contribution in [0.1, 0.15) is 54.4 Å². The van der Waals surface area contributed by atoms with Crippen molar-refractivity contribution >= 4 is 59.5 Å². The van der Waals surface area contributed by atoms with E-state index in [0.717, 1.165) is 39.0 Å². The third-order valence-electron chi connectivity index (χ3n) is 6.61. The minimum atomic E-state index is -2.41. The number of nitrogens with one attached hydrogen (secondary N) is 4.